The summed E-state index contributed by atoms with van der Waals surface area (Å²) in [6.45, 7) is 4.54. The summed E-state index contributed by atoms with van der Waals surface area (Å²) in [5, 5.41) is 27.0. The van der Waals surface area contributed by atoms with Gasteiger partial charge in [-0.2, -0.15) is 10.5 Å². The summed E-state index contributed by atoms with van der Waals surface area (Å²) in [4.78, 5) is 2.28. The lowest BCUT2D eigenvalue weighted by Gasteiger charge is -2.34. The Morgan fingerprint density at radius 1 is 1.35 bits per heavy atom. The van der Waals surface area contributed by atoms with Gasteiger partial charge in [0.05, 0.1) is 24.2 Å². The van der Waals surface area contributed by atoms with Crippen LogP contribution in [0.25, 0.3) is 0 Å². The first-order chi connectivity index (χ1) is 8.17. The Morgan fingerprint density at radius 2 is 2.00 bits per heavy atom. The van der Waals surface area contributed by atoms with Gasteiger partial charge in [0.2, 0.25) is 0 Å². The molecular weight excluding hydrogens is 214 g/mol. The number of rotatable bonds is 5. The second kappa shape index (κ2) is 7.27. The fourth-order valence-electron chi connectivity index (χ4n) is 2.37. The van der Waals surface area contributed by atoms with E-state index in [-0.39, 0.29) is 12.0 Å². The van der Waals surface area contributed by atoms with Crippen LogP contribution in [-0.2, 0) is 0 Å². The van der Waals surface area contributed by atoms with E-state index in [2.05, 4.69) is 17.0 Å². The van der Waals surface area contributed by atoms with Crippen LogP contribution in [0.4, 0.5) is 0 Å². The normalized spacial score (nSPS) is 21.4. The Hall–Kier alpha value is -1.10. The number of aliphatic hydroxyl groups excluding tert-OH is 1. The third-order valence-corrected chi connectivity index (χ3v) is 3.58. The van der Waals surface area contributed by atoms with Gasteiger partial charge in [-0.05, 0) is 45.2 Å². The zero-order valence-corrected chi connectivity index (χ0v) is 10.5. The van der Waals surface area contributed by atoms with Gasteiger partial charge in [-0.25, -0.2) is 0 Å². The van der Waals surface area contributed by atoms with Crippen LogP contribution in [0.2, 0.25) is 0 Å². The first-order valence-corrected chi connectivity index (χ1v) is 6.34. The molecule has 0 amide bonds. The Morgan fingerprint density at radius 3 is 2.47 bits per heavy atom. The number of hydrogen-bond donors (Lipinski definition) is 1. The molecule has 17 heavy (non-hydrogen) atoms. The predicted molar refractivity (Wildman–Crippen MR) is 64.8 cm³/mol. The molecule has 0 saturated carbocycles. The molecule has 0 aromatic rings. The number of aliphatic hydroxyl groups is 1. The SMILES string of the molecule is CC(O)C1CCN(CC(C#N)CCC#N)CC1. The van der Waals surface area contributed by atoms with Crippen LogP contribution in [0, 0.1) is 34.5 Å². The maximum absolute atomic E-state index is 9.50. The molecule has 0 spiro atoms. The number of piperidine rings is 1. The molecule has 1 aliphatic rings. The minimum atomic E-state index is -0.220. The fourth-order valence-corrected chi connectivity index (χ4v) is 2.37. The quantitative estimate of drug-likeness (QED) is 0.784. The van der Waals surface area contributed by atoms with Crippen LogP contribution >= 0.6 is 0 Å². The molecule has 0 bridgehead atoms. The third kappa shape index (κ3) is 4.73. The Kier molecular flexibility index (Phi) is 5.97. The van der Waals surface area contributed by atoms with E-state index in [1.807, 2.05) is 6.92 Å². The monoisotopic (exact) mass is 235 g/mol. The fraction of sp³-hybridized carbons (Fsp3) is 0.846. The third-order valence-electron chi connectivity index (χ3n) is 3.58. The van der Waals surface area contributed by atoms with Crippen molar-refractivity contribution in [1.29, 1.82) is 10.5 Å². The molecule has 4 heteroatoms. The highest BCUT2D eigenvalue weighted by molar-refractivity contribution is 4.89. The Labute approximate surface area is 103 Å². The van der Waals surface area contributed by atoms with Gasteiger partial charge in [-0.15, -0.1) is 0 Å². The van der Waals surface area contributed by atoms with E-state index in [4.69, 9.17) is 10.5 Å². The average molecular weight is 235 g/mol. The lowest BCUT2D eigenvalue weighted by atomic mass is 9.91. The van der Waals surface area contributed by atoms with E-state index >= 15 is 0 Å². The van der Waals surface area contributed by atoms with Crippen LogP contribution in [0.5, 0.6) is 0 Å². The number of likely N-dealkylation sites (tertiary alicyclic amines) is 1. The van der Waals surface area contributed by atoms with Crippen molar-refractivity contribution in [2.45, 2.75) is 38.7 Å². The second-order valence-electron chi connectivity index (χ2n) is 4.90. The van der Waals surface area contributed by atoms with Gasteiger partial charge in [0, 0.05) is 13.0 Å². The van der Waals surface area contributed by atoms with Crippen molar-refractivity contribution in [3.63, 3.8) is 0 Å². The van der Waals surface area contributed by atoms with Crippen molar-refractivity contribution in [1.82, 2.24) is 4.90 Å². The first-order valence-electron chi connectivity index (χ1n) is 6.34. The van der Waals surface area contributed by atoms with Crippen molar-refractivity contribution in [3.05, 3.63) is 0 Å². The molecule has 1 rings (SSSR count). The molecule has 1 aliphatic heterocycles. The van der Waals surface area contributed by atoms with Gasteiger partial charge in [-0.1, -0.05) is 0 Å². The van der Waals surface area contributed by atoms with Crippen molar-refractivity contribution in [2.75, 3.05) is 19.6 Å². The lowest BCUT2D eigenvalue weighted by molar-refractivity contribution is 0.0686. The molecule has 2 unspecified atom stereocenters. The van der Waals surface area contributed by atoms with Crippen molar-refractivity contribution in [3.8, 4) is 12.1 Å². The molecule has 0 aliphatic carbocycles. The molecule has 1 N–H and O–H groups in total. The largest absolute Gasteiger partial charge is 0.393 e. The maximum Gasteiger partial charge on any atom is 0.0669 e. The van der Waals surface area contributed by atoms with E-state index < -0.39 is 0 Å². The van der Waals surface area contributed by atoms with Crippen LogP contribution in [0.3, 0.4) is 0 Å². The van der Waals surface area contributed by atoms with E-state index in [9.17, 15) is 5.11 Å². The predicted octanol–water partition coefficient (Wildman–Crippen LogP) is 1.52. The van der Waals surface area contributed by atoms with Crippen LogP contribution in [0.15, 0.2) is 0 Å². The standard InChI is InChI=1S/C13H21N3O/c1-11(17)13-4-7-16(8-5-13)10-12(9-15)3-2-6-14/h11-13,17H,2-5,7-8,10H2,1H3. The van der Waals surface area contributed by atoms with E-state index in [0.717, 1.165) is 32.5 Å². The smallest absolute Gasteiger partial charge is 0.0669 e. The van der Waals surface area contributed by atoms with Gasteiger partial charge in [-0.3, -0.25) is 0 Å². The summed E-state index contributed by atoms with van der Waals surface area (Å²) in [6.07, 6.45) is 2.93. The summed E-state index contributed by atoms with van der Waals surface area (Å²) >= 11 is 0. The average Bonchev–Trinajstić information content (AvgIpc) is 2.35. The number of nitrogens with zero attached hydrogens (tertiary/aromatic N) is 3. The van der Waals surface area contributed by atoms with E-state index in [1.165, 1.54) is 0 Å². The molecule has 94 valence electrons. The molecule has 0 radical (unpaired) electrons. The molecule has 1 heterocycles. The topological polar surface area (TPSA) is 71.0 Å². The van der Waals surface area contributed by atoms with E-state index in [0.29, 0.717) is 18.8 Å². The zero-order chi connectivity index (χ0) is 12.7. The van der Waals surface area contributed by atoms with Gasteiger partial charge >= 0.3 is 0 Å². The second-order valence-corrected chi connectivity index (χ2v) is 4.90. The highest BCUT2D eigenvalue weighted by atomic mass is 16.3. The summed E-state index contributed by atoms with van der Waals surface area (Å²) in [5.74, 6) is 0.378. The summed E-state index contributed by atoms with van der Waals surface area (Å²) in [6, 6.07) is 4.37. The maximum atomic E-state index is 9.50. The highest BCUT2D eigenvalue weighted by Crippen LogP contribution is 2.21. The first kappa shape index (κ1) is 14.0. The molecule has 1 saturated heterocycles. The minimum Gasteiger partial charge on any atom is -0.393 e. The molecule has 0 aromatic heterocycles. The molecule has 0 aromatic carbocycles. The van der Waals surface area contributed by atoms with Crippen molar-refractivity contribution < 1.29 is 5.11 Å². The highest BCUT2D eigenvalue weighted by Gasteiger charge is 2.24. The van der Waals surface area contributed by atoms with Gasteiger partial charge in [0.1, 0.15) is 0 Å². The van der Waals surface area contributed by atoms with Crippen molar-refractivity contribution in [2.24, 2.45) is 11.8 Å². The minimum absolute atomic E-state index is 0.0299. The summed E-state index contributed by atoms with van der Waals surface area (Å²) < 4.78 is 0. The van der Waals surface area contributed by atoms with Crippen LogP contribution in [0.1, 0.15) is 32.6 Å². The molecule has 4 nitrogen and oxygen atoms in total. The van der Waals surface area contributed by atoms with Gasteiger partial charge in [0.25, 0.3) is 0 Å². The summed E-state index contributed by atoms with van der Waals surface area (Å²) in [7, 11) is 0. The summed E-state index contributed by atoms with van der Waals surface area (Å²) in [5.41, 5.74) is 0. The molecular formula is C13H21N3O. The number of nitriles is 2. The van der Waals surface area contributed by atoms with E-state index in [1.54, 1.807) is 0 Å². The van der Waals surface area contributed by atoms with Crippen molar-refractivity contribution >= 4 is 0 Å². The van der Waals surface area contributed by atoms with Crippen LogP contribution in [-0.4, -0.2) is 35.7 Å². The zero-order valence-electron chi connectivity index (χ0n) is 10.5. The lowest BCUT2D eigenvalue weighted by Crippen LogP contribution is -2.39. The number of hydrogen-bond acceptors (Lipinski definition) is 4. The Bertz CT molecular complexity index is 295. The van der Waals surface area contributed by atoms with Gasteiger partial charge in [0.15, 0.2) is 0 Å². The van der Waals surface area contributed by atoms with Gasteiger partial charge < -0.3 is 10.0 Å². The Balaban J connectivity index is 2.30. The molecule has 2 atom stereocenters. The van der Waals surface area contributed by atoms with Crippen LogP contribution < -0.4 is 0 Å². The molecule has 1 fully saturated rings.